The smallest absolute Gasteiger partial charge is 0.00210 e. The van der Waals surface area contributed by atoms with Gasteiger partial charge in [0.25, 0.3) is 0 Å². The van der Waals surface area contributed by atoms with Gasteiger partial charge < -0.3 is 0 Å². The van der Waals surface area contributed by atoms with E-state index < -0.39 is 7.92 Å². The van der Waals surface area contributed by atoms with Crippen LogP contribution in [0.15, 0.2) is 72.1 Å². The van der Waals surface area contributed by atoms with Crippen LogP contribution in [0.3, 0.4) is 0 Å². The van der Waals surface area contributed by atoms with Gasteiger partial charge in [0.15, 0.2) is 0 Å². The fraction of sp³-hybridized carbons (Fsp3) is 0.0588. The van der Waals surface area contributed by atoms with Gasteiger partial charge in [0.2, 0.25) is 0 Å². The van der Waals surface area contributed by atoms with Gasteiger partial charge in [-0.1, -0.05) is 60.7 Å². The van der Waals surface area contributed by atoms with Gasteiger partial charge in [0.1, 0.15) is 0 Å². The summed E-state index contributed by atoms with van der Waals surface area (Å²) >= 11 is 1.84. The maximum atomic E-state index is 2.33. The van der Waals surface area contributed by atoms with Crippen molar-refractivity contribution in [2.24, 2.45) is 0 Å². The first-order valence-corrected chi connectivity index (χ1v) is 8.52. The average molecular weight is 282 g/mol. The van der Waals surface area contributed by atoms with Crippen molar-refractivity contribution in [2.75, 3.05) is 0 Å². The Balaban J connectivity index is 2.11. The Hall–Kier alpha value is -1.43. The van der Waals surface area contributed by atoms with E-state index in [9.17, 15) is 0 Å². The number of hydrogen-bond donors (Lipinski definition) is 0. The van der Waals surface area contributed by atoms with Crippen LogP contribution in [-0.4, -0.2) is 0 Å². The van der Waals surface area contributed by atoms with Gasteiger partial charge in [-0.2, -0.15) is 0 Å². The fourth-order valence-corrected chi connectivity index (χ4v) is 5.54. The largest absolute Gasteiger partial charge is 0.149 e. The molecule has 0 atom stereocenters. The molecule has 3 aromatic rings. The fourth-order valence-electron chi connectivity index (χ4n) is 2.15. The van der Waals surface area contributed by atoms with Crippen molar-refractivity contribution in [3.8, 4) is 0 Å². The van der Waals surface area contributed by atoms with Crippen LogP contribution in [0.1, 0.15) is 4.88 Å². The molecule has 0 nitrogen and oxygen atoms in total. The van der Waals surface area contributed by atoms with E-state index in [0.717, 1.165) is 0 Å². The van der Waals surface area contributed by atoms with Crippen molar-refractivity contribution in [2.45, 2.75) is 6.92 Å². The normalized spacial score (nSPS) is 10.8. The van der Waals surface area contributed by atoms with Gasteiger partial charge in [0.05, 0.1) is 0 Å². The molecule has 0 saturated carbocycles. The Kier molecular flexibility index (Phi) is 3.77. The molecule has 0 amide bonds. The maximum absolute atomic E-state index is 2.33. The molecule has 0 unspecified atom stereocenters. The molecule has 0 N–H and O–H groups in total. The number of aryl methyl sites for hydroxylation is 1. The molecule has 0 aliphatic rings. The van der Waals surface area contributed by atoms with E-state index in [1.165, 1.54) is 20.8 Å². The van der Waals surface area contributed by atoms with E-state index in [1.54, 1.807) is 0 Å². The summed E-state index contributed by atoms with van der Waals surface area (Å²) < 4.78 is 0. The molecular formula is C17H15PS. The molecule has 0 fully saturated rings. The van der Waals surface area contributed by atoms with E-state index in [4.69, 9.17) is 0 Å². The van der Waals surface area contributed by atoms with Crippen molar-refractivity contribution < 1.29 is 0 Å². The average Bonchev–Trinajstić information content (AvgIpc) is 2.88. The molecule has 0 radical (unpaired) electrons. The summed E-state index contributed by atoms with van der Waals surface area (Å²) in [5.41, 5.74) is 0. The molecule has 1 aromatic heterocycles. The zero-order valence-electron chi connectivity index (χ0n) is 10.8. The van der Waals surface area contributed by atoms with Gasteiger partial charge >= 0.3 is 0 Å². The highest BCUT2D eigenvalue weighted by Gasteiger charge is 2.16. The van der Waals surface area contributed by atoms with Crippen LogP contribution in [0.25, 0.3) is 0 Å². The number of hydrogen-bond acceptors (Lipinski definition) is 1. The topological polar surface area (TPSA) is 0 Å². The number of benzene rings is 2. The first-order valence-electron chi connectivity index (χ1n) is 6.30. The van der Waals surface area contributed by atoms with Gasteiger partial charge in [-0.3, -0.25) is 0 Å². The van der Waals surface area contributed by atoms with Crippen molar-refractivity contribution >= 4 is 35.2 Å². The van der Waals surface area contributed by atoms with Crippen LogP contribution in [0, 0.1) is 6.92 Å². The first kappa shape index (κ1) is 12.6. The van der Waals surface area contributed by atoms with Crippen molar-refractivity contribution in [3.63, 3.8) is 0 Å². The van der Waals surface area contributed by atoms with Crippen molar-refractivity contribution in [1.29, 1.82) is 0 Å². The van der Waals surface area contributed by atoms with Crippen LogP contribution >= 0.6 is 19.3 Å². The van der Waals surface area contributed by atoms with Crippen LogP contribution in [0.4, 0.5) is 0 Å². The van der Waals surface area contributed by atoms with E-state index in [-0.39, 0.29) is 0 Å². The van der Waals surface area contributed by atoms with Gasteiger partial charge in [-0.15, -0.1) is 11.3 Å². The minimum Gasteiger partial charge on any atom is -0.149 e. The molecular weight excluding hydrogens is 267 g/mol. The molecule has 0 bridgehead atoms. The van der Waals surface area contributed by atoms with Gasteiger partial charge in [-0.05, 0) is 42.2 Å². The van der Waals surface area contributed by atoms with Crippen LogP contribution < -0.4 is 15.9 Å². The zero-order valence-corrected chi connectivity index (χ0v) is 12.5. The Labute approximate surface area is 119 Å². The molecule has 0 aliphatic carbocycles. The molecule has 0 saturated heterocycles. The van der Waals surface area contributed by atoms with E-state index in [0.29, 0.717) is 0 Å². The predicted octanol–water partition coefficient (Wildman–Crippen LogP) is 3.81. The molecule has 2 heteroatoms. The lowest BCUT2D eigenvalue weighted by Gasteiger charge is -2.17. The zero-order chi connectivity index (χ0) is 13.1. The summed E-state index contributed by atoms with van der Waals surface area (Å²) in [4.78, 5) is 1.38. The summed E-state index contributed by atoms with van der Waals surface area (Å²) in [5, 5.41) is 6.60. The summed E-state index contributed by atoms with van der Waals surface area (Å²) in [5.74, 6) is 0. The van der Waals surface area contributed by atoms with E-state index in [2.05, 4.69) is 79.0 Å². The molecule has 0 aliphatic heterocycles. The second kappa shape index (κ2) is 5.69. The third-order valence-corrected chi connectivity index (χ3v) is 6.44. The minimum atomic E-state index is -0.415. The third kappa shape index (κ3) is 2.78. The van der Waals surface area contributed by atoms with Crippen molar-refractivity contribution in [3.05, 3.63) is 77.0 Å². The standard InChI is InChI=1S/C17H15PS/c1-14-12-17(13-19-14)18(15-8-4-2-5-9-15)16-10-6-3-7-11-16/h2-13H,1H3. The second-order valence-electron chi connectivity index (χ2n) is 4.42. The Morgan fingerprint density at radius 2 is 1.26 bits per heavy atom. The second-order valence-corrected chi connectivity index (χ2v) is 7.76. The van der Waals surface area contributed by atoms with Gasteiger partial charge in [-0.25, -0.2) is 0 Å². The molecule has 2 aromatic carbocycles. The highest BCUT2D eigenvalue weighted by Crippen LogP contribution is 2.34. The van der Waals surface area contributed by atoms with Gasteiger partial charge in [0, 0.05) is 4.88 Å². The highest BCUT2D eigenvalue weighted by atomic mass is 32.1. The Morgan fingerprint density at radius 1 is 0.737 bits per heavy atom. The lowest BCUT2D eigenvalue weighted by atomic mass is 10.4. The van der Waals surface area contributed by atoms with Crippen LogP contribution in [0.2, 0.25) is 0 Å². The lowest BCUT2D eigenvalue weighted by Crippen LogP contribution is -2.19. The van der Waals surface area contributed by atoms with E-state index >= 15 is 0 Å². The SMILES string of the molecule is Cc1cc(P(c2ccccc2)c2ccccc2)cs1. The molecule has 3 rings (SSSR count). The van der Waals surface area contributed by atoms with Crippen LogP contribution in [-0.2, 0) is 0 Å². The molecule has 1 heterocycles. The Morgan fingerprint density at radius 3 is 1.68 bits per heavy atom. The third-order valence-electron chi connectivity index (χ3n) is 3.00. The lowest BCUT2D eigenvalue weighted by molar-refractivity contribution is 1.65. The van der Waals surface area contributed by atoms with Crippen molar-refractivity contribution in [1.82, 2.24) is 0 Å². The van der Waals surface area contributed by atoms with E-state index in [1.807, 2.05) is 11.3 Å². The monoisotopic (exact) mass is 282 g/mol. The number of thiophene rings is 1. The quantitative estimate of drug-likeness (QED) is 0.641. The molecule has 19 heavy (non-hydrogen) atoms. The molecule has 0 spiro atoms. The minimum absolute atomic E-state index is 0.415. The summed E-state index contributed by atoms with van der Waals surface area (Å²) in [7, 11) is -0.415. The highest BCUT2D eigenvalue weighted by molar-refractivity contribution is 7.80. The van der Waals surface area contributed by atoms with Crippen LogP contribution in [0.5, 0.6) is 0 Å². The summed E-state index contributed by atoms with van der Waals surface area (Å²) in [6.07, 6.45) is 0. The summed E-state index contributed by atoms with van der Waals surface area (Å²) in [6, 6.07) is 24.0. The summed E-state index contributed by atoms with van der Waals surface area (Å²) in [6.45, 7) is 2.18. The molecule has 94 valence electrons. The predicted molar refractivity (Wildman–Crippen MR) is 87.8 cm³/mol. The Bertz CT molecular complexity index is 604. The number of rotatable bonds is 3. The maximum Gasteiger partial charge on any atom is 0.00210 e. The first-order chi connectivity index (χ1) is 9.34.